The average Bonchev–Trinajstić information content (AvgIpc) is 2.98. The summed E-state index contributed by atoms with van der Waals surface area (Å²) < 4.78 is 11.3. The molecule has 19 heavy (non-hydrogen) atoms. The Morgan fingerprint density at radius 1 is 1.16 bits per heavy atom. The van der Waals surface area contributed by atoms with Gasteiger partial charge in [-0.2, -0.15) is 0 Å². The van der Waals surface area contributed by atoms with Gasteiger partial charge in [-0.05, 0) is 43.0 Å². The van der Waals surface area contributed by atoms with E-state index in [1.165, 1.54) is 17.2 Å². The zero-order valence-corrected chi connectivity index (χ0v) is 10.7. The summed E-state index contributed by atoms with van der Waals surface area (Å²) in [6.45, 7) is 2.32. The van der Waals surface area contributed by atoms with Gasteiger partial charge in [0.05, 0.1) is 11.7 Å². The van der Waals surface area contributed by atoms with Crippen LogP contribution in [0.1, 0.15) is 24.6 Å². The van der Waals surface area contributed by atoms with Gasteiger partial charge in [-0.3, -0.25) is 4.98 Å². The van der Waals surface area contributed by atoms with E-state index in [0.29, 0.717) is 19.3 Å². The number of aromatic nitrogens is 1. The van der Waals surface area contributed by atoms with E-state index in [0.717, 1.165) is 30.2 Å². The molecule has 0 saturated carbocycles. The highest BCUT2D eigenvalue weighted by Gasteiger charge is 2.21. The third-order valence-electron chi connectivity index (χ3n) is 3.85. The van der Waals surface area contributed by atoms with Crippen LogP contribution in [0.2, 0.25) is 0 Å². The maximum Gasteiger partial charge on any atom is 0.162 e. The van der Waals surface area contributed by atoms with Crippen molar-refractivity contribution in [2.45, 2.75) is 18.9 Å². The van der Waals surface area contributed by atoms with Gasteiger partial charge in [0.25, 0.3) is 0 Å². The van der Waals surface area contributed by atoms with Crippen LogP contribution in [-0.4, -0.2) is 24.7 Å². The van der Waals surface area contributed by atoms with Crippen LogP contribution in [0.4, 0.5) is 0 Å². The molecule has 4 nitrogen and oxygen atoms in total. The van der Waals surface area contributed by atoms with Gasteiger partial charge in [-0.15, -0.1) is 0 Å². The molecule has 2 aromatic rings. The molecule has 0 bridgehead atoms. The Labute approximate surface area is 111 Å². The molecule has 1 N–H and O–H groups in total. The molecule has 0 spiro atoms. The molecule has 4 rings (SSSR count). The number of nitrogens with zero attached hydrogens (tertiary/aromatic N) is 1. The Morgan fingerprint density at radius 3 is 2.79 bits per heavy atom. The summed E-state index contributed by atoms with van der Waals surface area (Å²) in [6.07, 6.45) is 4.25. The van der Waals surface area contributed by atoms with Crippen molar-refractivity contribution >= 4 is 10.8 Å². The van der Waals surface area contributed by atoms with Gasteiger partial charge < -0.3 is 14.8 Å². The Morgan fingerprint density at radius 2 is 2.00 bits per heavy atom. The summed E-state index contributed by atoms with van der Waals surface area (Å²) in [5.74, 6) is 1.68. The van der Waals surface area contributed by atoms with Gasteiger partial charge in [0.1, 0.15) is 13.2 Å². The fourth-order valence-electron chi connectivity index (χ4n) is 2.93. The van der Waals surface area contributed by atoms with Gasteiger partial charge in [0, 0.05) is 11.6 Å². The molecule has 1 saturated heterocycles. The van der Waals surface area contributed by atoms with E-state index < -0.39 is 0 Å². The van der Waals surface area contributed by atoms with Crippen LogP contribution in [0.3, 0.4) is 0 Å². The lowest BCUT2D eigenvalue weighted by Crippen LogP contribution is -2.16. The van der Waals surface area contributed by atoms with Gasteiger partial charge in [0.15, 0.2) is 11.5 Å². The number of benzene rings is 1. The largest absolute Gasteiger partial charge is 0.486 e. The van der Waals surface area contributed by atoms with Crippen LogP contribution in [0.5, 0.6) is 11.5 Å². The highest BCUT2D eigenvalue weighted by Crippen LogP contribution is 2.37. The number of ether oxygens (including phenoxy) is 2. The van der Waals surface area contributed by atoms with E-state index in [-0.39, 0.29) is 0 Å². The first kappa shape index (κ1) is 11.1. The van der Waals surface area contributed by atoms with Crippen molar-refractivity contribution in [2.75, 3.05) is 19.8 Å². The van der Waals surface area contributed by atoms with E-state index >= 15 is 0 Å². The predicted molar refractivity (Wildman–Crippen MR) is 72.7 cm³/mol. The molecular formula is C15H16N2O2. The van der Waals surface area contributed by atoms with E-state index in [4.69, 9.17) is 9.47 Å². The second kappa shape index (κ2) is 4.38. The Hall–Kier alpha value is -1.81. The van der Waals surface area contributed by atoms with Crippen LogP contribution in [-0.2, 0) is 0 Å². The zero-order valence-electron chi connectivity index (χ0n) is 10.7. The lowest BCUT2D eigenvalue weighted by Gasteiger charge is -2.20. The number of hydrogen-bond acceptors (Lipinski definition) is 4. The number of hydrogen-bond donors (Lipinski definition) is 1. The van der Waals surface area contributed by atoms with Crippen molar-refractivity contribution in [3.05, 3.63) is 30.1 Å². The third-order valence-corrected chi connectivity index (χ3v) is 3.85. The van der Waals surface area contributed by atoms with Crippen molar-refractivity contribution in [2.24, 2.45) is 0 Å². The minimum absolute atomic E-state index is 0.367. The van der Waals surface area contributed by atoms with Gasteiger partial charge >= 0.3 is 0 Å². The summed E-state index contributed by atoms with van der Waals surface area (Å²) in [5, 5.41) is 5.85. The SMILES string of the molecule is c1cc2cc3c(cc2c(C2CCCN2)n1)OCCO3. The molecule has 1 fully saturated rings. The van der Waals surface area contributed by atoms with Crippen molar-refractivity contribution < 1.29 is 9.47 Å². The summed E-state index contributed by atoms with van der Waals surface area (Å²) in [7, 11) is 0. The maximum absolute atomic E-state index is 5.68. The van der Waals surface area contributed by atoms with Crippen molar-refractivity contribution in [3.8, 4) is 11.5 Å². The molecule has 1 unspecified atom stereocenters. The molecule has 2 aliphatic rings. The van der Waals surface area contributed by atoms with Crippen LogP contribution >= 0.6 is 0 Å². The highest BCUT2D eigenvalue weighted by atomic mass is 16.6. The van der Waals surface area contributed by atoms with E-state index in [9.17, 15) is 0 Å². The summed E-state index contributed by atoms with van der Waals surface area (Å²) in [4.78, 5) is 4.58. The van der Waals surface area contributed by atoms with Gasteiger partial charge in [-0.25, -0.2) is 0 Å². The van der Waals surface area contributed by atoms with E-state index in [2.05, 4.69) is 22.4 Å². The molecule has 4 heteroatoms. The Kier molecular flexibility index (Phi) is 2.55. The first-order chi connectivity index (χ1) is 9.42. The molecular weight excluding hydrogens is 240 g/mol. The molecule has 0 amide bonds. The van der Waals surface area contributed by atoms with Crippen molar-refractivity contribution in [3.63, 3.8) is 0 Å². The molecule has 0 radical (unpaired) electrons. The quantitative estimate of drug-likeness (QED) is 0.851. The molecule has 1 atom stereocenters. The maximum atomic E-state index is 5.68. The molecule has 0 aliphatic carbocycles. The molecule has 1 aromatic carbocycles. The average molecular weight is 256 g/mol. The standard InChI is InChI=1S/C15H16N2O2/c1-2-12(16-4-1)15-11-9-14-13(18-6-7-19-14)8-10(11)3-5-17-15/h3,5,8-9,12,16H,1-2,4,6-7H2. The van der Waals surface area contributed by atoms with Gasteiger partial charge in [0.2, 0.25) is 0 Å². The van der Waals surface area contributed by atoms with E-state index in [1.807, 2.05) is 12.3 Å². The van der Waals surface area contributed by atoms with Crippen molar-refractivity contribution in [1.82, 2.24) is 10.3 Å². The lowest BCUT2D eigenvalue weighted by molar-refractivity contribution is 0.172. The fraction of sp³-hybridized carbons (Fsp3) is 0.400. The van der Waals surface area contributed by atoms with Crippen LogP contribution in [0.15, 0.2) is 24.4 Å². The minimum Gasteiger partial charge on any atom is -0.486 e. The predicted octanol–water partition coefficient (Wildman–Crippen LogP) is 2.43. The first-order valence-electron chi connectivity index (χ1n) is 6.83. The lowest BCUT2D eigenvalue weighted by atomic mass is 10.0. The summed E-state index contributed by atoms with van der Waals surface area (Å²) in [5.41, 5.74) is 1.13. The van der Waals surface area contributed by atoms with Gasteiger partial charge in [-0.1, -0.05) is 0 Å². The number of rotatable bonds is 1. The van der Waals surface area contributed by atoms with Crippen LogP contribution in [0.25, 0.3) is 10.8 Å². The second-order valence-electron chi connectivity index (χ2n) is 5.06. The highest BCUT2D eigenvalue weighted by molar-refractivity contribution is 5.88. The number of nitrogens with one attached hydrogen (secondary N) is 1. The minimum atomic E-state index is 0.367. The van der Waals surface area contributed by atoms with Crippen LogP contribution < -0.4 is 14.8 Å². The number of pyridine rings is 1. The molecule has 98 valence electrons. The normalized spacial score (nSPS) is 21.8. The number of fused-ring (bicyclic) bond motifs is 2. The molecule has 1 aromatic heterocycles. The van der Waals surface area contributed by atoms with Crippen molar-refractivity contribution in [1.29, 1.82) is 0 Å². The Bertz CT molecular complexity index is 621. The zero-order chi connectivity index (χ0) is 12.7. The Balaban J connectivity index is 1.89. The monoisotopic (exact) mass is 256 g/mol. The second-order valence-corrected chi connectivity index (χ2v) is 5.06. The topological polar surface area (TPSA) is 43.4 Å². The smallest absolute Gasteiger partial charge is 0.162 e. The fourth-order valence-corrected chi connectivity index (χ4v) is 2.93. The molecule has 2 aliphatic heterocycles. The van der Waals surface area contributed by atoms with E-state index in [1.54, 1.807) is 0 Å². The summed E-state index contributed by atoms with van der Waals surface area (Å²) >= 11 is 0. The third kappa shape index (κ3) is 1.83. The first-order valence-corrected chi connectivity index (χ1v) is 6.83. The van der Waals surface area contributed by atoms with Crippen LogP contribution in [0, 0.1) is 0 Å². The molecule has 3 heterocycles. The summed E-state index contributed by atoms with van der Waals surface area (Å²) in [6, 6.07) is 6.54.